The quantitative estimate of drug-likeness (QED) is 0.768. The summed E-state index contributed by atoms with van der Waals surface area (Å²) >= 11 is 5.88. The lowest BCUT2D eigenvalue weighted by molar-refractivity contribution is 0.174. The van der Waals surface area contributed by atoms with E-state index >= 15 is 0 Å². The number of hydrogen-bond acceptors (Lipinski definition) is 4. The van der Waals surface area contributed by atoms with E-state index in [9.17, 15) is 10.2 Å². The minimum absolute atomic E-state index is 0.186. The Labute approximate surface area is 129 Å². The van der Waals surface area contributed by atoms with Gasteiger partial charge in [0.05, 0.1) is 13.2 Å². The molecule has 1 unspecified atom stereocenters. The van der Waals surface area contributed by atoms with Crippen LogP contribution in [0, 0.1) is 0 Å². The van der Waals surface area contributed by atoms with Crippen LogP contribution >= 0.6 is 11.6 Å². The number of aliphatic hydroxyl groups is 1. The van der Waals surface area contributed by atoms with E-state index < -0.39 is 6.10 Å². The van der Waals surface area contributed by atoms with Crippen molar-refractivity contribution >= 4 is 11.6 Å². The highest BCUT2D eigenvalue weighted by atomic mass is 35.5. The van der Waals surface area contributed by atoms with Crippen LogP contribution in [0.1, 0.15) is 17.2 Å². The lowest BCUT2D eigenvalue weighted by Gasteiger charge is -2.13. The third-order valence-corrected chi connectivity index (χ3v) is 3.43. The average Bonchev–Trinajstić information content (AvgIpc) is 2.50. The molecule has 2 aromatic rings. The second-order valence-corrected chi connectivity index (χ2v) is 5.13. The van der Waals surface area contributed by atoms with Crippen LogP contribution in [-0.4, -0.2) is 23.9 Å². The Morgan fingerprint density at radius 3 is 2.57 bits per heavy atom. The van der Waals surface area contributed by atoms with Crippen molar-refractivity contribution in [2.75, 3.05) is 13.7 Å². The fraction of sp³-hybridized carbons (Fsp3) is 0.250. The van der Waals surface area contributed by atoms with E-state index in [4.69, 9.17) is 16.3 Å². The van der Waals surface area contributed by atoms with Crippen molar-refractivity contribution in [1.29, 1.82) is 0 Å². The molecule has 5 heteroatoms. The highest BCUT2D eigenvalue weighted by Crippen LogP contribution is 2.21. The molecule has 0 aromatic heterocycles. The maximum atomic E-state index is 10.1. The lowest BCUT2D eigenvalue weighted by atomic mass is 10.1. The molecule has 0 aliphatic heterocycles. The Balaban J connectivity index is 1.88. The van der Waals surface area contributed by atoms with Crippen molar-refractivity contribution in [2.45, 2.75) is 12.6 Å². The highest BCUT2D eigenvalue weighted by Gasteiger charge is 2.08. The van der Waals surface area contributed by atoms with E-state index in [2.05, 4.69) is 5.32 Å². The molecular weight excluding hydrogens is 290 g/mol. The molecule has 3 N–H and O–H groups in total. The lowest BCUT2D eigenvalue weighted by Crippen LogP contribution is -2.21. The van der Waals surface area contributed by atoms with Crippen LogP contribution in [0.3, 0.4) is 0 Å². The van der Waals surface area contributed by atoms with Gasteiger partial charge < -0.3 is 20.3 Å². The van der Waals surface area contributed by atoms with Crippen LogP contribution in [0.5, 0.6) is 11.5 Å². The van der Waals surface area contributed by atoms with Gasteiger partial charge in [0.1, 0.15) is 11.5 Å². The van der Waals surface area contributed by atoms with Crippen LogP contribution in [0.2, 0.25) is 5.02 Å². The SMILES string of the molecule is COc1ccc(C(O)CNCc2cc(Cl)ccc2O)cc1. The van der Waals surface area contributed by atoms with Gasteiger partial charge in [-0.2, -0.15) is 0 Å². The molecule has 2 aromatic carbocycles. The molecule has 4 nitrogen and oxygen atoms in total. The summed E-state index contributed by atoms with van der Waals surface area (Å²) in [6.45, 7) is 0.803. The predicted molar refractivity (Wildman–Crippen MR) is 82.8 cm³/mol. The number of benzene rings is 2. The van der Waals surface area contributed by atoms with E-state index in [-0.39, 0.29) is 5.75 Å². The van der Waals surface area contributed by atoms with E-state index in [1.165, 1.54) is 0 Å². The number of aromatic hydroxyl groups is 1. The number of methoxy groups -OCH3 is 1. The summed E-state index contributed by atoms with van der Waals surface area (Å²) in [5.74, 6) is 0.939. The van der Waals surface area contributed by atoms with Crippen molar-refractivity contribution in [2.24, 2.45) is 0 Å². The van der Waals surface area contributed by atoms with Gasteiger partial charge in [0, 0.05) is 23.7 Å². The third kappa shape index (κ3) is 4.36. The molecule has 1 atom stereocenters. The highest BCUT2D eigenvalue weighted by molar-refractivity contribution is 6.30. The summed E-state index contributed by atoms with van der Waals surface area (Å²) in [6, 6.07) is 12.1. The van der Waals surface area contributed by atoms with E-state index in [0.717, 1.165) is 11.3 Å². The molecule has 0 aliphatic carbocycles. The zero-order valence-electron chi connectivity index (χ0n) is 11.7. The van der Waals surface area contributed by atoms with Gasteiger partial charge in [-0.25, -0.2) is 0 Å². The number of phenols is 1. The van der Waals surface area contributed by atoms with Gasteiger partial charge in [0.15, 0.2) is 0 Å². The molecule has 0 spiro atoms. The second-order valence-electron chi connectivity index (χ2n) is 4.69. The smallest absolute Gasteiger partial charge is 0.120 e. The number of aliphatic hydroxyl groups excluding tert-OH is 1. The summed E-state index contributed by atoms with van der Waals surface area (Å²) in [5.41, 5.74) is 1.50. The van der Waals surface area contributed by atoms with Crippen molar-refractivity contribution in [1.82, 2.24) is 5.32 Å². The topological polar surface area (TPSA) is 61.7 Å². The fourth-order valence-electron chi connectivity index (χ4n) is 1.98. The van der Waals surface area contributed by atoms with Crippen LogP contribution in [0.4, 0.5) is 0 Å². The summed E-state index contributed by atoms with van der Waals surface area (Å²) in [4.78, 5) is 0. The molecular formula is C16H18ClNO3. The van der Waals surface area contributed by atoms with E-state index in [1.54, 1.807) is 37.4 Å². The zero-order chi connectivity index (χ0) is 15.2. The maximum absolute atomic E-state index is 10.1. The van der Waals surface area contributed by atoms with E-state index in [1.807, 2.05) is 12.1 Å². The number of hydrogen-bond donors (Lipinski definition) is 3. The monoisotopic (exact) mass is 307 g/mol. The molecule has 0 heterocycles. The van der Waals surface area contributed by atoms with Crippen molar-refractivity contribution in [3.05, 3.63) is 58.6 Å². The van der Waals surface area contributed by atoms with Gasteiger partial charge in [0.25, 0.3) is 0 Å². The van der Waals surface area contributed by atoms with Gasteiger partial charge in [-0.05, 0) is 35.9 Å². The minimum atomic E-state index is -0.628. The van der Waals surface area contributed by atoms with Gasteiger partial charge in [-0.1, -0.05) is 23.7 Å². The molecule has 0 saturated carbocycles. The Hall–Kier alpha value is -1.75. The van der Waals surface area contributed by atoms with Crippen molar-refractivity contribution in [3.8, 4) is 11.5 Å². The Morgan fingerprint density at radius 1 is 1.19 bits per heavy atom. The van der Waals surface area contributed by atoms with Crippen LogP contribution in [0.15, 0.2) is 42.5 Å². The summed E-state index contributed by atoms with van der Waals surface area (Å²) in [7, 11) is 1.60. The number of ether oxygens (including phenoxy) is 1. The first kappa shape index (κ1) is 15.6. The third-order valence-electron chi connectivity index (χ3n) is 3.20. The number of nitrogens with one attached hydrogen (secondary N) is 1. The molecule has 0 saturated heterocycles. The first-order chi connectivity index (χ1) is 10.1. The van der Waals surface area contributed by atoms with Crippen molar-refractivity contribution in [3.63, 3.8) is 0 Å². The normalized spacial score (nSPS) is 12.1. The summed E-state index contributed by atoms with van der Waals surface area (Å²) in [6.07, 6.45) is -0.628. The number of rotatable bonds is 6. The van der Waals surface area contributed by atoms with Crippen molar-refractivity contribution < 1.29 is 14.9 Å². The molecule has 2 rings (SSSR count). The second kappa shape index (κ2) is 7.31. The first-order valence-corrected chi connectivity index (χ1v) is 6.98. The fourth-order valence-corrected chi connectivity index (χ4v) is 2.18. The standard InChI is InChI=1S/C16H18ClNO3/c1-21-14-5-2-11(3-6-14)16(20)10-18-9-12-8-13(17)4-7-15(12)19/h2-8,16,18-20H,9-10H2,1H3. The van der Waals surface area contributed by atoms with Gasteiger partial charge in [-0.3, -0.25) is 0 Å². The molecule has 0 bridgehead atoms. The molecule has 0 aliphatic rings. The molecule has 0 radical (unpaired) electrons. The largest absolute Gasteiger partial charge is 0.508 e. The van der Waals surface area contributed by atoms with Gasteiger partial charge >= 0.3 is 0 Å². The Bertz CT molecular complexity index is 587. The van der Waals surface area contributed by atoms with E-state index in [0.29, 0.717) is 23.7 Å². The van der Waals surface area contributed by atoms with Crippen LogP contribution in [-0.2, 0) is 6.54 Å². The molecule has 112 valence electrons. The maximum Gasteiger partial charge on any atom is 0.120 e. The first-order valence-electron chi connectivity index (χ1n) is 6.60. The summed E-state index contributed by atoms with van der Waals surface area (Å²) in [5, 5.41) is 23.5. The Morgan fingerprint density at radius 2 is 1.90 bits per heavy atom. The zero-order valence-corrected chi connectivity index (χ0v) is 12.5. The molecule has 0 amide bonds. The summed E-state index contributed by atoms with van der Waals surface area (Å²) < 4.78 is 5.07. The number of phenolic OH excluding ortho intramolecular Hbond substituents is 1. The molecule has 0 fully saturated rings. The average molecular weight is 308 g/mol. The van der Waals surface area contributed by atoms with Gasteiger partial charge in [-0.15, -0.1) is 0 Å². The molecule has 21 heavy (non-hydrogen) atoms. The van der Waals surface area contributed by atoms with Gasteiger partial charge in [0.2, 0.25) is 0 Å². The Kier molecular flexibility index (Phi) is 5.44. The number of halogens is 1. The minimum Gasteiger partial charge on any atom is -0.508 e. The predicted octanol–water partition coefficient (Wildman–Crippen LogP) is 2.88. The van der Waals surface area contributed by atoms with Crippen LogP contribution in [0.25, 0.3) is 0 Å². The van der Waals surface area contributed by atoms with Crippen LogP contribution < -0.4 is 10.1 Å².